The Morgan fingerprint density at radius 1 is 1.21 bits per heavy atom. The second-order valence-electron chi connectivity index (χ2n) is 3.88. The van der Waals surface area contributed by atoms with Crippen LogP contribution < -0.4 is 0 Å². The molecule has 3 rings (SSSR count). The van der Waals surface area contributed by atoms with Gasteiger partial charge in [-0.2, -0.15) is 0 Å². The van der Waals surface area contributed by atoms with Crippen LogP contribution in [0.2, 0.25) is 4.34 Å². The van der Waals surface area contributed by atoms with Gasteiger partial charge in [-0.25, -0.2) is 9.97 Å². The number of hydrogen-bond donors (Lipinski definition) is 0. The number of fused-ring (bicyclic) bond motifs is 1. The van der Waals surface area contributed by atoms with E-state index in [1.807, 2.05) is 31.2 Å². The summed E-state index contributed by atoms with van der Waals surface area (Å²) in [5.74, 6) is 0.656. The third-order valence-corrected chi connectivity index (χ3v) is 4.62. The maximum Gasteiger partial charge on any atom is 0.138 e. The standard InChI is InChI=1S/C12H9ClN4S2/c1-7-12(18-6-10-11(13)19-17-16-10)15-9-5-3-2-4-8(9)14-7/h2-5H,6H2,1H3. The molecule has 0 bridgehead atoms. The van der Waals surface area contributed by atoms with Crippen molar-refractivity contribution in [2.45, 2.75) is 17.7 Å². The molecular weight excluding hydrogens is 300 g/mol. The highest BCUT2D eigenvalue weighted by molar-refractivity contribution is 7.98. The first kappa shape index (κ1) is 12.8. The Morgan fingerprint density at radius 2 is 1.95 bits per heavy atom. The molecule has 0 saturated heterocycles. The van der Waals surface area contributed by atoms with E-state index in [2.05, 4.69) is 19.6 Å². The number of hydrogen-bond acceptors (Lipinski definition) is 6. The smallest absolute Gasteiger partial charge is 0.138 e. The third-order valence-electron chi connectivity index (χ3n) is 2.56. The first-order chi connectivity index (χ1) is 9.24. The van der Waals surface area contributed by atoms with Gasteiger partial charge in [0, 0.05) is 17.3 Å². The summed E-state index contributed by atoms with van der Waals surface area (Å²) in [6, 6.07) is 7.85. The van der Waals surface area contributed by atoms with E-state index >= 15 is 0 Å². The lowest BCUT2D eigenvalue weighted by molar-refractivity contribution is 1.03. The van der Waals surface area contributed by atoms with Crippen molar-refractivity contribution in [2.24, 2.45) is 0 Å². The zero-order chi connectivity index (χ0) is 13.2. The number of halogens is 1. The van der Waals surface area contributed by atoms with Crippen LogP contribution in [0.4, 0.5) is 0 Å². The van der Waals surface area contributed by atoms with Crippen LogP contribution in [0.5, 0.6) is 0 Å². The Balaban J connectivity index is 1.88. The van der Waals surface area contributed by atoms with Gasteiger partial charge in [-0.1, -0.05) is 40.0 Å². The molecule has 0 amide bonds. The second-order valence-corrected chi connectivity index (χ2v) is 6.21. The van der Waals surface area contributed by atoms with E-state index in [9.17, 15) is 0 Å². The molecule has 7 heteroatoms. The first-order valence-corrected chi connectivity index (χ1v) is 7.70. The van der Waals surface area contributed by atoms with Gasteiger partial charge in [0.05, 0.1) is 16.7 Å². The van der Waals surface area contributed by atoms with E-state index in [4.69, 9.17) is 11.6 Å². The molecule has 0 unspecified atom stereocenters. The predicted octanol–water partition coefficient (Wildman–Crippen LogP) is 3.74. The number of para-hydroxylation sites is 2. The number of nitrogens with zero attached hydrogens (tertiary/aromatic N) is 4. The Morgan fingerprint density at radius 3 is 2.63 bits per heavy atom. The second kappa shape index (κ2) is 5.40. The summed E-state index contributed by atoms with van der Waals surface area (Å²) >= 11 is 8.77. The highest BCUT2D eigenvalue weighted by Gasteiger charge is 2.10. The molecule has 0 aliphatic carbocycles. The van der Waals surface area contributed by atoms with Gasteiger partial charge in [0.2, 0.25) is 0 Å². The summed E-state index contributed by atoms with van der Waals surface area (Å²) in [7, 11) is 0. The molecule has 19 heavy (non-hydrogen) atoms. The monoisotopic (exact) mass is 308 g/mol. The zero-order valence-electron chi connectivity index (χ0n) is 10.00. The van der Waals surface area contributed by atoms with Crippen molar-refractivity contribution in [3.8, 4) is 0 Å². The highest BCUT2D eigenvalue weighted by atomic mass is 35.5. The molecule has 0 radical (unpaired) electrons. The zero-order valence-corrected chi connectivity index (χ0v) is 12.4. The average molecular weight is 309 g/mol. The lowest BCUT2D eigenvalue weighted by atomic mass is 10.3. The highest BCUT2D eigenvalue weighted by Crippen LogP contribution is 2.28. The minimum Gasteiger partial charge on any atom is -0.249 e. The van der Waals surface area contributed by atoms with Crippen molar-refractivity contribution >= 4 is 45.9 Å². The summed E-state index contributed by atoms with van der Waals surface area (Å²) in [4.78, 5) is 9.16. The van der Waals surface area contributed by atoms with E-state index in [-0.39, 0.29) is 0 Å². The topological polar surface area (TPSA) is 51.6 Å². The van der Waals surface area contributed by atoms with Gasteiger partial charge in [-0.3, -0.25) is 0 Å². The van der Waals surface area contributed by atoms with Crippen LogP contribution in [0, 0.1) is 6.92 Å². The summed E-state index contributed by atoms with van der Waals surface area (Å²) in [6.07, 6.45) is 0. The van der Waals surface area contributed by atoms with E-state index in [0.717, 1.165) is 27.4 Å². The average Bonchev–Trinajstić information content (AvgIpc) is 2.82. The van der Waals surface area contributed by atoms with Crippen LogP contribution in [0.15, 0.2) is 29.3 Å². The lowest BCUT2D eigenvalue weighted by Crippen LogP contribution is -1.93. The predicted molar refractivity (Wildman–Crippen MR) is 78.8 cm³/mol. The Bertz CT molecular complexity index is 729. The SMILES string of the molecule is Cc1nc2ccccc2nc1SCc1nnsc1Cl. The molecule has 0 fully saturated rings. The Kier molecular flexibility index (Phi) is 3.63. The lowest BCUT2D eigenvalue weighted by Gasteiger charge is -2.05. The number of aromatic nitrogens is 4. The van der Waals surface area contributed by atoms with Crippen LogP contribution in [0.25, 0.3) is 11.0 Å². The summed E-state index contributed by atoms with van der Waals surface area (Å²) in [6.45, 7) is 1.96. The molecule has 0 N–H and O–H groups in total. The molecule has 0 saturated carbocycles. The molecule has 4 nitrogen and oxygen atoms in total. The minimum absolute atomic E-state index is 0.638. The van der Waals surface area contributed by atoms with Gasteiger partial charge in [-0.15, -0.1) is 5.10 Å². The molecule has 96 valence electrons. The van der Waals surface area contributed by atoms with Crippen molar-refractivity contribution < 1.29 is 0 Å². The van der Waals surface area contributed by atoms with E-state index < -0.39 is 0 Å². The molecule has 0 aliphatic rings. The molecular formula is C12H9ClN4S2. The van der Waals surface area contributed by atoms with E-state index in [1.54, 1.807) is 11.8 Å². The molecule has 2 heterocycles. The molecule has 2 aromatic heterocycles. The number of aryl methyl sites for hydroxylation is 1. The van der Waals surface area contributed by atoms with Crippen LogP contribution in [0.1, 0.15) is 11.4 Å². The van der Waals surface area contributed by atoms with Crippen molar-refractivity contribution in [3.05, 3.63) is 40.0 Å². The number of thioether (sulfide) groups is 1. The Labute approximate surface area is 123 Å². The molecule has 0 atom stereocenters. The maximum absolute atomic E-state index is 5.99. The first-order valence-electron chi connectivity index (χ1n) is 5.57. The van der Waals surface area contributed by atoms with Crippen molar-refractivity contribution in [1.82, 2.24) is 19.6 Å². The molecule has 3 aromatic rings. The third kappa shape index (κ3) is 2.70. The van der Waals surface area contributed by atoms with Gasteiger partial charge in [0.1, 0.15) is 15.1 Å². The van der Waals surface area contributed by atoms with Gasteiger partial charge in [0.15, 0.2) is 0 Å². The van der Waals surface area contributed by atoms with Crippen molar-refractivity contribution in [3.63, 3.8) is 0 Å². The summed E-state index contributed by atoms with van der Waals surface area (Å²) < 4.78 is 4.45. The van der Waals surface area contributed by atoms with Gasteiger partial charge >= 0.3 is 0 Å². The van der Waals surface area contributed by atoms with Gasteiger partial charge in [0.25, 0.3) is 0 Å². The summed E-state index contributed by atoms with van der Waals surface area (Å²) in [5.41, 5.74) is 3.53. The minimum atomic E-state index is 0.638. The van der Waals surface area contributed by atoms with Gasteiger partial charge in [-0.05, 0) is 19.1 Å². The van der Waals surface area contributed by atoms with Crippen molar-refractivity contribution in [2.75, 3.05) is 0 Å². The number of benzene rings is 1. The summed E-state index contributed by atoms with van der Waals surface area (Å²) in [5, 5.41) is 4.90. The van der Waals surface area contributed by atoms with Crippen LogP contribution in [-0.4, -0.2) is 19.6 Å². The molecule has 0 spiro atoms. The van der Waals surface area contributed by atoms with Crippen LogP contribution in [-0.2, 0) is 5.75 Å². The fourth-order valence-corrected chi connectivity index (χ4v) is 3.32. The van der Waals surface area contributed by atoms with Crippen molar-refractivity contribution in [1.29, 1.82) is 0 Å². The van der Waals surface area contributed by atoms with Gasteiger partial charge < -0.3 is 0 Å². The quantitative estimate of drug-likeness (QED) is 0.690. The fourth-order valence-electron chi connectivity index (χ4n) is 1.63. The number of rotatable bonds is 3. The molecule has 0 aliphatic heterocycles. The van der Waals surface area contributed by atoms with Crippen LogP contribution in [0.3, 0.4) is 0 Å². The molecule has 1 aromatic carbocycles. The van der Waals surface area contributed by atoms with E-state index in [0.29, 0.717) is 10.1 Å². The largest absolute Gasteiger partial charge is 0.249 e. The fraction of sp³-hybridized carbons (Fsp3) is 0.167. The Hall–Kier alpha value is -1.24. The van der Waals surface area contributed by atoms with E-state index in [1.165, 1.54) is 11.5 Å². The normalized spacial score (nSPS) is 11.1. The maximum atomic E-state index is 5.99. The van der Waals surface area contributed by atoms with Crippen LogP contribution >= 0.6 is 34.9 Å².